The fourth-order valence-electron chi connectivity index (χ4n) is 2.21. The monoisotopic (exact) mass is 354 g/mol. The van der Waals surface area contributed by atoms with Gasteiger partial charge in [0.25, 0.3) is 0 Å². The molecule has 3 aromatic rings. The van der Waals surface area contributed by atoms with Gasteiger partial charge in [0.15, 0.2) is 9.84 Å². The Morgan fingerprint density at radius 2 is 2.08 bits per heavy atom. The van der Waals surface area contributed by atoms with Crippen LogP contribution in [0.4, 0.5) is 0 Å². The Balaban J connectivity index is 1.72. The second-order valence-electron chi connectivity index (χ2n) is 5.36. The van der Waals surface area contributed by atoms with Crippen LogP contribution in [0.1, 0.15) is 11.1 Å². The van der Waals surface area contributed by atoms with Crippen LogP contribution in [0.2, 0.25) is 0 Å². The molecule has 0 fully saturated rings. The molecule has 2 aromatic heterocycles. The Hall–Kier alpha value is -3.18. The average molecular weight is 354 g/mol. The summed E-state index contributed by atoms with van der Waals surface area (Å²) in [6.45, 7) is 0.220. The Kier molecular flexibility index (Phi) is 4.50. The van der Waals surface area contributed by atoms with E-state index >= 15 is 0 Å². The Labute approximate surface area is 144 Å². The van der Waals surface area contributed by atoms with E-state index < -0.39 is 9.84 Å². The van der Waals surface area contributed by atoms with E-state index in [-0.39, 0.29) is 11.5 Å². The summed E-state index contributed by atoms with van der Waals surface area (Å²) in [5.41, 5.74) is 2.29. The molecule has 1 aromatic carbocycles. The number of benzene rings is 1. The van der Waals surface area contributed by atoms with Crippen LogP contribution >= 0.6 is 0 Å². The summed E-state index contributed by atoms with van der Waals surface area (Å²) in [6, 6.07) is 12.1. The molecule has 0 saturated carbocycles. The van der Waals surface area contributed by atoms with Gasteiger partial charge in [-0.1, -0.05) is 12.1 Å². The summed E-state index contributed by atoms with van der Waals surface area (Å²) >= 11 is 0. The van der Waals surface area contributed by atoms with Gasteiger partial charge in [0, 0.05) is 6.26 Å². The molecule has 0 radical (unpaired) electrons. The van der Waals surface area contributed by atoms with E-state index in [1.807, 2.05) is 6.07 Å². The zero-order chi connectivity index (χ0) is 17.9. The minimum absolute atomic E-state index is 0.220. The number of hydrogen-bond donors (Lipinski definition) is 1. The van der Waals surface area contributed by atoms with Gasteiger partial charge in [-0.3, -0.25) is 10.1 Å². The highest BCUT2D eigenvalue weighted by molar-refractivity contribution is 7.90. The molecular weight excluding hydrogens is 340 g/mol. The van der Waals surface area contributed by atoms with Crippen molar-refractivity contribution in [3.8, 4) is 23.2 Å². The molecule has 0 aliphatic carbocycles. The van der Waals surface area contributed by atoms with E-state index in [0.29, 0.717) is 22.7 Å². The number of ether oxygens (including phenoxy) is 1. The quantitative estimate of drug-likeness (QED) is 0.753. The summed E-state index contributed by atoms with van der Waals surface area (Å²) in [5, 5.41) is 15.6. The van der Waals surface area contributed by atoms with Gasteiger partial charge in [0.2, 0.25) is 0 Å². The minimum Gasteiger partial charge on any atom is -0.487 e. The maximum atomic E-state index is 11.6. The van der Waals surface area contributed by atoms with Crippen LogP contribution in [0.5, 0.6) is 5.75 Å². The largest absolute Gasteiger partial charge is 0.487 e. The highest BCUT2D eigenvalue weighted by atomic mass is 32.2. The molecule has 0 amide bonds. The second kappa shape index (κ2) is 6.75. The zero-order valence-electron chi connectivity index (χ0n) is 13.3. The highest BCUT2D eigenvalue weighted by Crippen LogP contribution is 2.21. The lowest BCUT2D eigenvalue weighted by Crippen LogP contribution is -2.00. The fraction of sp³-hybridized carbons (Fsp3) is 0.118. The number of hydrogen-bond acceptors (Lipinski definition) is 6. The van der Waals surface area contributed by atoms with Gasteiger partial charge < -0.3 is 4.74 Å². The van der Waals surface area contributed by atoms with Crippen LogP contribution in [0.25, 0.3) is 11.4 Å². The molecule has 1 N–H and O–H groups in total. The maximum absolute atomic E-state index is 11.6. The molecule has 7 nitrogen and oxygen atoms in total. The van der Waals surface area contributed by atoms with Crippen molar-refractivity contribution in [1.82, 2.24) is 15.2 Å². The summed E-state index contributed by atoms with van der Waals surface area (Å²) < 4.78 is 28.8. The zero-order valence-corrected chi connectivity index (χ0v) is 14.1. The first-order chi connectivity index (χ1) is 12.0. The SMILES string of the molecule is CS(=O)(=O)c1cccc(COc2ccc(-c3[nH]ncc3C#N)nc2)c1. The van der Waals surface area contributed by atoms with E-state index in [2.05, 4.69) is 15.2 Å². The lowest BCUT2D eigenvalue weighted by molar-refractivity contribution is 0.305. The number of nitrogens with zero attached hydrogens (tertiary/aromatic N) is 3. The minimum atomic E-state index is -3.25. The Bertz CT molecular complexity index is 1030. The third-order valence-corrected chi connectivity index (χ3v) is 4.59. The van der Waals surface area contributed by atoms with E-state index in [1.165, 1.54) is 18.6 Å². The van der Waals surface area contributed by atoms with Gasteiger partial charge in [0.05, 0.1) is 28.5 Å². The number of aromatic nitrogens is 3. The molecule has 0 unspecified atom stereocenters. The van der Waals surface area contributed by atoms with Crippen LogP contribution in [0.15, 0.2) is 53.7 Å². The molecule has 3 rings (SSSR count). The van der Waals surface area contributed by atoms with Crippen molar-refractivity contribution < 1.29 is 13.2 Å². The van der Waals surface area contributed by atoms with Crippen molar-refractivity contribution in [3.05, 3.63) is 59.9 Å². The molecule has 0 bridgehead atoms. The number of H-pyrrole nitrogens is 1. The Morgan fingerprint density at radius 3 is 2.76 bits per heavy atom. The summed E-state index contributed by atoms with van der Waals surface area (Å²) in [7, 11) is -3.25. The molecular formula is C17H14N4O3S. The van der Waals surface area contributed by atoms with Crippen molar-refractivity contribution in [2.75, 3.05) is 6.26 Å². The van der Waals surface area contributed by atoms with E-state index in [9.17, 15) is 8.42 Å². The van der Waals surface area contributed by atoms with Crippen LogP contribution in [-0.4, -0.2) is 29.9 Å². The summed E-state index contributed by atoms with van der Waals surface area (Å²) in [5.74, 6) is 0.534. The van der Waals surface area contributed by atoms with Crippen molar-refractivity contribution in [3.63, 3.8) is 0 Å². The lowest BCUT2D eigenvalue weighted by Gasteiger charge is -2.08. The maximum Gasteiger partial charge on any atom is 0.175 e. The predicted octanol–water partition coefficient (Wildman–Crippen LogP) is 2.33. The standard InChI is InChI=1S/C17H14N4O3S/c1-25(22,23)15-4-2-3-12(7-15)11-24-14-5-6-16(19-10-14)17-13(8-18)9-20-21-17/h2-7,9-10H,11H2,1H3,(H,20,21). The molecule has 0 aliphatic heterocycles. The molecule has 25 heavy (non-hydrogen) atoms. The van der Waals surface area contributed by atoms with E-state index in [0.717, 1.165) is 5.56 Å². The topological polar surface area (TPSA) is 109 Å². The molecule has 8 heteroatoms. The summed E-state index contributed by atoms with van der Waals surface area (Å²) in [4.78, 5) is 4.51. The van der Waals surface area contributed by atoms with Crippen molar-refractivity contribution in [2.45, 2.75) is 11.5 Å². The number of pyridine rings is 1. The van der Waals surface area contributed by atoms with E-state index in [1.54, 1.807) is 36.4 Å². The van der Waals surface area contributed by atoms with Crippen molar-refractivity contribution >= 4 is 9.84 Å². The smallest absolute Gasteiger partial charge is 0.175 e. The normalized spacial score (nSPS) is 11.0. The summed E-state index contributed by atoms with van der Waals surface area (Å²) in [6.07, 6.45) is 4.15. The number of aromatic amines is 1. The van der Waals surface area contributed by atoms with Crippen LogP contribution in [0.3, 0.4) is 0 Å². The lowest BCUT2D eigenvalue weighted by atomic mass is 10.2. The van der Waals surface area contributed by atoms with Gasteiger partial charge in [-0.15, -0.1) is 0 Å². The average Bonchev–Trinajstić information content (AvgIpc) is 3.09. The number of rotatable bonds is 5. The second-order valence-corrected chi connectivity index (χ2v) is 7.37. The van der Waals surface area contributed by atoms with E-state index in [4.69, 9.17) is 10.00 Å². The van der Waals surface area contributed by atoms with Gasteiger partial charge in [-0.2, -0.15) is 10.4 Å². The molecule has 0 saturated heterocycles. The highest BCUT2D eigenvalue weighted by Gasteiger charge is 2.09. The number of nitriles is 1. The number of sulfone groups is 1. The van der Waals surface area contributed by atoms with Crippen molar-refractivity contribution in [1.29, 1.82) is 5.26 Å². The Morgan fingerprint density at radius 1 is 1.24 bits per heavy atom. The van der Waals surface area contributed by atoms with Gasteiger partial charge in [-0.05, 0) is 29.8 Å². The van der Waals surface area contributed by atoms with Crippen LogP contribution in [-0.2, 0) is 16.4 Å². The van der Waals surface area contributed by atoms with Gasteiger partial charge in [-0.25, -0.2) is 8.42 Å². The molecule has 0 aliphatic rings. The first-order valence-corrected chi connectivity index (χ1v) is 9.18. The third-order valence-electron chi connectivity index (χ3n) is 3.48. The molecule has 0 atom stereocenters. The molecule has 2 heterocycles. The van der Waals surface area contributed by atoms with Crippen LogP contribution < -0.4 is 4.74 Å². The molecule has 126 valence electrons. The third kappa shape index (κ3) is 3.84. The molecule has 0 spiro atoms. The first kappa shape index (κ1) is 16.7. The fourth-order valence-corrected chi connectivity index (χ4v) is 2.90. The van der Waals surface area contributed by atoms with Crippen molar-refractivity contribution in [2.24, 2.45) is 0 Å². The van der Waals surface area contributed by atoms with Gasteiger partial charge in [0.1, 0.15) is 24.1 Å². The first-order valence-electron chi connectivity index (χ1n) is 7.29. The van der Waals surface area contributed by atoms with Crippen LogP contribution in [0, 0.1) is 11.3 Å². The van der Waals surface area contributed by atoms with Gasteiger partial charge >= 0.3 is 0 Å². The number of nitrogens with one attached hydrogen (secondary N) is 1. The predicted molar refractivity (Wildman–Crippen MR) is 90.4 cm³/mol.